The Bertz CT molecular complexity index is 667. The fourth-order valence-corrected chi connectivity index (χ4v) is 2.61. The first-order valence-electron chi connectivity index (χ1n) is 6.77. The highest BCUT2D eigenvalue weighted by atomic mass is 35.5. The number of benzene rings is 1. The number of hydrogen-bond acceptors (Lipinski definition) is 3. The van der Waals surface area contributed by atoms with Crippen LogP contribution in [0.15, 0.2) is 24.4 Å². The molecule has 0 saturated carbocycles. The maximum Gasteiger partial charge on any atom is 0.276 e. The number of carbonyl (C=O) groups is 1. The second kappa shape index (κ2) is 5.81. The zero-order valence-corrected chi connectivity index (χ0v) is 12.1. The summed E-state index contributed by atoms with van der Waals surface area (Å²) in [4.78, 5) is 13.9. The Balaban J connectivity index is 1.74. The fourth-order valence-electron chi connectivity index (χ4n) is 2.38. The summed E-state index contributed by atoms with van der Waals surface area (Å²) in [5.74, 6) is -0.476. The van der Waals surface area contributed by atoms with E-state index in [0.717, 1.165) is 31.5 Å². The summed E-state index contributed by atoms with van der Waals surface area (Å²) in [5, 5.41) is 8.17. The highest BCUT2D eigenvalue weighted by Gasteiger charge is 2.22. The SMILES string of the molecule is O=C(c1cn(Cc2ccc(F)cc2Cl)nn1)N1CCCC1. The van der Waals surface area contributed by atoms with Crippen LogP contribution in [0.1, 0.15) is 28.9 Å². The number of halogens is 2. The number of aromatic nitrogens is 3. The summed E-state index contributed by atoms with van der Waals surface area (Å²) < 4.78 is 14.5. The molecule has 0 aliphatic carbocycles. The second-order valence-electron chi connectivity index (χ2n) is 5.04. The van der Waals surface area contributed by atoms with E-state index in [2.05, 4.69) is 10.3 Å². The molecule has 1 saturated heterocycles. The van der Waals surface area contributed by atoms with E-state index in [1.165, 1.54) is 16.8 Å². The first-order valence-corrected chi connectivity index (χ1v) is 7.14. The molecule has 1 fully saturated rings. The van der Waals surface area contributed by atoms with E-state index in [1.54, 1.807) is 17.2 Å². The van der Waals surface area contributed by atoms with Gasteiger partial charge in [-0.05, 0) is 30.5 Å². The molecule has 3 rings (SSSR count). The molecule has 110 valence electrons. The lowest BCUT2D eigenvalue weighted by molar-refractivity contribution is 0.0787. The standard InChI is InChI=1S/C14H14ClFN4O/c15-12-7-11(16)4-3-10(12)8-20-9-13(17-18-20)14(21)19-5-1-2-6-19/h3-4,7,9H,1-2,5-6,8H2. The van der Waals surface area contributed by atoms with Crippen molar-refractivity contribution in [3.63, 3.8) is 0 Å². The van der Waals surface area contributed by atoms with Gasteiger partial charge in [0, 0.05) is 18.1 Å². The minimum absolute atomic E-state index is 0.0936. The van der Waals surface area contributed by atoms with Crippen LogP contribution in [0.4, 0.5) is 4.39 Å². The lowest BCUT2D eigenvalue weighted by atomic mass is 10.2. The van der Waals surface area contributed by atoms with Crippen LogP contribution in [0.25, 0.3) is 0 Å². The third kappa shape index (κ3) is 3.05. The average Bonchev–Trinajstić information content (AvgIpc) is 3.12. The number of likely N-dealkylation sites (tertiary alicyclic amines) is 1. The number of hydrogen-bond donors (Lipinski definition) is 0. The van der Waals surface area contributed by atoms with Crippen molar-refractivity contribution in [2.75, 3.05) is 13.1 Å². The van der Waals surface area contributed by atoms with Gasteiger partial charge in [0.15, 0.2) is 5.69 Å². The topological polar surface area (TPSA) is 51.0 Å². The maximum atomic E-state index is 13.0. The Morgan fingerprint density at radius 3 is 2.81 bits per heavy atom. The minimum Gasteiger partial charge on any atom is -0.337 e. The van der Waals surface area contributed by atoms with Gasteiger partial charge in [-0.25, -0.2) is 9.07 Å². The summed E-state index contributed by atoms with van der Waals surface area (Å²) in [7, 11) is 0. The molecule has 7 heteroatoms. The van der Waals surface area contributed by atoms with Crippen LogP contribution >= 0.6 is 11.6 Å². The summed E-state index contributed by atoms with van der Waals surface area (Å²) in [6.45, 7) is 1.89. The van der Waals surface area contributed by atoms with Gasteiger partial charge in [0.1, 0.15) is 5.82 Å². The van der Waals surface area contributed by atoms with E-state index in [4.69, 9.17) is 11.6 Å². The molecule has 21 heavy (non-hydrogen) atoms. The van der Waals surface area contributed by atoms with Crippen LogP contribution in [-0.4, -0.2) is 38.9 Å². The van der Waals surface area contributed by atoms with Gasteiger partial charge in [0.05, 0.1) is 12.7 Å². The second-order valence-corrected chi connectivity index (χ2v) is 5.44. The number of amides is 1. The molecule has 0 unspecified atom stereocenters. The maximum absolute atomic E-state index is 13.0. The van der Waals surface area contributed by atoms with Crippen LogP contribution < -0.4 is 0 Å². The van der Waals surface area contributed by atoms with E-state index in [9.17, 15) is 9.18 Å². The van der Waals surface area contributed by atoms with Gasteiger partial charge in [-0.15, -0.1) is 5.10 Å². The van der Waals surface area contributed by atoms with Crippen molar-refractivity contribution in [2.24, 2.45) is 0 Å². The highest BCUT2D eigenvalue weighted by Crippen LogP contribution is 2.18. The fraction of sp³-hybridized carbons (Fsp3) is 0.357. The molecule has 1 aliphatic rings. The molecule has 0 spiro atoms. The normalized spacial score (nSPS) is 14.7. The van der Waals surface area contributed by atoms with Crippen LogP contribution in [0.2, 0.25) is 5.02 Å². The Morgan fingerprint density at radius 2 is 2.10 bits per heavy atom. The first-order chi connectivity index (χ1) is 10.1. The summed E-state index contributed by atoms with van der Waals surface area (Å²) >= 11 is 5.98. The van der Waals surface area contributed by atoms with Crippen molar-refractivity contribution < 1.29 is 9.18 Å². The lowest BCUT2D eigenvalue weighted by Crippen LogP contribution is -2.27. The molecule has 1 aromatic carbocycles. The molecule has 0 N–H and O–H groups in total. The third-order valence-electron chi connectivity index (χ3n) is 3.50. The van der Waals surface area contributed by atoms with Crippen molar-refractivity contribution in [2.45, 2.75) is 19.4 Å². The molecule has 5 nitrogen and oxygen atoms in total. The summed E-state index contributed by atoms with van der Waals surface area (Å²) in [6, 6.07) is 4.19. The van der Waals surface area contributed by atoms with E-state index >= 15 is 0 Å². The summed E-state index contributed by atoms with van der Waals surface area (Å²) in [5.41, 5.74) is 1.05. The van der Waals surface area contributed by atoms with Crippen molar-refractivity contribution in [1.82, 2.24) is 19.9 Å². The van der Waals surface area contributed by atoms with Gasteiger partial charge in [-0.1, -0.05) is 22.9 Å². The molecular formula is C14H14ClFN4O. The summed E-state index contributed by atoms with van der Waals surface area (Å²) in [6.07, 6.45) is 3.66. The third-order valence-corrected chi connectivity index (χ3v) is 3.85. The Morgan fingerprint density at radius 1 is 1.33 bits per heavy atom. The van der Waals surface area contributed by atoms with Crippen molar-refractivity contribution in [3.05, 3.63) is 46.5 Å². The highest BCUT2D eigenvalue weighted by molar-refractivity contribution is 6.31. The van der Waals surface area contributed by atoms with Gasteiger partial charge >= 0.3 is 0 Å². The molecule has 1 aliphatic heterocycles. The Hall–Kier alpha value is -1.95. The van der Waals surface area contributed by atoms with Crippen molar-refractivity contribution in [3.8, 4) is 0 Å². The van der Waals surface area contributed by atoms with Crippen LogP contribution in [0.3, 0.4) is 0 Å². The number of rotatable bonds is 3. The smallest absolute Gasteiger partial charge is 0.276 e. The van der Waals surface area contributed by atoms with E-state index in [1.807, 2.05) is 0 Å². The van der Waals surface area contributed by atoms with Crippen LogP contribution in [-0.2, 0) is 6.54 Å². The zero-order chi connectivity index (χ0) is 14.8. The lowest BCUT2D eigenvalue weighted by Gasteiger charge is -2.12. The van der Waals surface area contributed by atoms with Gasteiger partial charge in [0.25, 0.3) is 5.91 Å². The quantitative estimate of drug-likeness (QED) is 0.874. The van der Waals surface area contributed by atoms with E-state index in [0.29, 0.717) is 17.3 Å². The number of carbonyl (C=O) groups excluding carboxylic acids is 1. The van der Waals surface area contributed by atoms with Gasteiger partial charge in [0.2, 0.25) is 0 Å². The van der Waals surface area contributed by atoms with Crippen molar-refractivity contribution in [1.29, 1.82) is 0 Å². The van der Waals surface area contributed by atoms with Gasteiger partial charge in [-0.2, -0.15) is 0 Å². The minimum atomic E-state index is -0.382. The molecular weight excluding hydrogens is 295 g/mol. The molecule has 0 radical (unpaired) electrons. The molecule has 0 atom stereocenters. The average molecular weight is 309 g/mol. The first kappa shape index (κ1) is 14.0. The monoisotopic (exact) mass is 308 g/mol. The Kier molecular flexibility index (Phi) is 3.88. The van der Waals surface area contributed by atoms with Crippen LogP contribution in [0, 0.1) is 5.82 Å². The van der Waals surface area contributed by atoms with Gasteiger partial charge < -0.3 is 4.90 Å². The molecule has 1 aromatic heterocycles. The largest absolute Gasteiger partial charge is 0.337 e. The van der Waals surface area contributed by atoms with Gasteiger partial charge in [-0.3, -0.25) is 4.79 Å². The number of nitrogens with zero attached hydrogens (tertiary/aromatic N) is 4. The zero-order valence-electron chi connectivity index (χ0n) is 11.3. The van der Waals surface area contributed by atoms with E-state index in [-0.39, 0.29) is 11.7 Å². The van der Waals surface area contributed by atoms with Crippen molar-refractivity contribution >= 4 is 17.5 Å². The Labute approximate surface area is 126 Å². The predicted octanol–water partition coefficient (Wildman–Crippen LogP) is 2.35. The van der Waals surface area contributed by atoms with Crippen LogP contribution in [0.5, 0.6) is 0 Å². The molecule has 1 amide bonds. The van der Waals surface area contributed by atoms with E-state index < -0.39 is 0 Å². The predicted molar refractivity (Wildman–Crippen MR) is 75.7 cm³/mol. The molecule has 2 heterocycles. The molecule has 0 bridgehead atoms. The molecule has 2 aromatic rings.